The molecule has 5 rings (SSSR count). The predicted molar refractivity (Wildman–Crippen MR) is 99.0 cm³/mol. The fourth-order valence-corrected chi connectivity index (χ4v) is 3.70. The van der Waals surface area contributed by atoms with Gasteiger partial charge in [0, 0.05) is 5.56 Å². The molecule has 0 unspecified atom stereocenters. The van der Waals surface area contributed by atoms with Crippen molar-refractivity contribution in [3.05, 3.63) is 89.4 Å². The molecule has 1 aliphatic rings. The van der Waals surface area contributed by atoms with Gasteiger partial charge in [-0.25, -0.2) is 4.85 Å². The van der Waals surface area contributed by atoms with Crippen molar-refractivity contribution < 1.29 is 4.68 Å². The smallest absolute Gasteiger partial charge is 0.205 e. The first-order valence-electron chi connectivity index (χ1n) is 8.34. The molecular formula is C22H13N4+. The van der Waals surface area contributed by atoms with Gasteiger partial charge in [0.1, 0.15) is 11.2 Å². The summed E-state index contributed by atoms with van der Waals surface area (Å²) in [5.41, 5.74) is 6.60. The number of nitrogens with zero attached hydrogens (tertiary/aromatic N) is 4. The Kier molecular flexibility index (Phi) is 2.95. The topological polar surface area (TPSA) is 37.0 Å². The third kappa shape index (κ3) is 1.97. The van der Waals surface area contributed by atoms with Gasteiger partial charge >= 0.3 is 0 Å². The van der Waals surface area contributed by atoms with Crippen LogP contribution in [0.1, 0.15) is 11.1 Å². The van der Waals surface area contributed by atoms with E-state index in [-0.39, 0.29) is 0 Å². The van der Waals surface area contributed by atoms with Crippen LogP contribution < -0.4 is 4.68 Å². The van der Waals surface area contributed by atoms with Crippen LogP contribution in [0.4, 0.5) is 5.69 Å². The van der Waals surface area contributed by atoms with Gasteiger partial charge in [-0.3, -0.25) is 0 Å². The van der Waals surface area contributed by atoms with Crippen molar-refractivity contribution in [2.45, 2.75) is 6.54 Å². The molecule has 0 N–H and O–H groups in total. The monoisotopic (exact) mass is 333 g/mol. The van der Waals surface area contributed by atoms with E-state index < -0.39 is 0 Å². The van der Waals surface area contributed by atoms with Crippen molar-refractivity contribution in [3.8, 4) is 22.9 Å². The minimum atomic E-state index is 0.489. The number of hydrogen-bond acceptors (Lipinski definition) is 1. The highest BCUT2D eigenvalue weighted by atomic mass is 15.4. The molecule has 1 aliphatic heterocycles. The van der Waals surface area contributed by atoms with E-state index in [4.69, 9.17) is 6.57 Å². The Morgan fingerprint density at radius 2 is 1.88 bits per heavy atom. The Morgan fingerprint density at radius 1 is 1.04 bits per heavy atom. The Hall–Kier alpha value is -3.89. The first-order chi connectivity index (χ1) is 12.8. The van der Waals surface area contributed by atoms with E-state index in [1.54, 1.807) is 6.07 Å². The molecule has 0 fully saturated rings. The van der Waals surface area contributed by atoms with E-state index in [0.29, 0.717) is 11.3 Å². The van der Waals surface area contributed by atoms with Gasteiger partial charge in [0.15, 0.2) is 12.2 Å². The van der Waals surface area contributed by atoms with Crippen LogP contribution in [-0.4, -0.2) is 4.68 Å². The third-order valence-corrected chi connectivity index (χ3v) is 4.91. The molecule has 2 heterocycles. The summed E-state index contributed by atoms with van der Waals surface area (Å²) in [6.45, 7) is 8.09. The number of rotatable bonds is 1. The molecule has 0 bridgehead atoms. The molecule has 4 heteroatoms. The number of nitriles is 1. The summed E-state index contributed by atoms with van der Waals surface area (Å²) < 4.78 is 4.23. The minimum absolute atomic E-state index is 0.489. The number of hydrogen-bond donors (Lipinski definition) is 0. The summed E-state index contributed by atoms with van der Waals surface area (Å²) in [7, 11) is 0. The van der Waals surface area contributed by atoms with Crippen LogP contribution in [0.15, 0.2) is 66.9 Å². The number of benzene rings is 3. The summed E-state index contributed by atoms with van der Waals surface area (Å²) in [5, 5.41) is 10.3. The van der Waals surface area contributed by atoms with Crippen LogP contribution in [0.3, 0.4) is 0 Å². The lowest BCUT2D eigenvalue weighted by molar-refractivity contribution is -0.749. The van der Waals surface area contributed by atoms with Crippen molar-refractivity contribution in [2.24, 2.45) is 0 Å². The second-order valence-corrected chi connectivity index (χ2v) is 6.40. The molecular weight excluding hydrogens is 320 g/mol. The van der Waals surface area contributed by atoms with E-state index in [1.165, 1.54) is 11.1 Å². The Bertz CT molecular complexity index is 1270. The van der Waals surface area contributed by atoms with Crippen LogP contribution in [0, 0.1) is 17.9 Å². The average Bonchev–Trinajstić information content (AvgIpc) is 3.23. The normalized spacial score (nSPS) is 11.6. The van der Waals surface area contributed by atoms with Gasteiger partial charge in [0.25, 0.3) is 0 Å². The summed E-state index contributed by atoms with van der Waals surface area (Å²) >= 11 is 0. The molecule has 0 atom stereocenters. The molecule has 0 amide bonds. The molecule has 0 spiro atoms. The fraction of sp³-hybridized carbons (Fsp3) is 0.0455. The van der Waals surface area contributed by atoms with Crippen molar-refractivity contribution in [2.75, 3.05) is 0 Å². The zero-order chi connectivity index (χ0) is 17.7. The molecule has 4 aromatic rings. The van der Waals surface area contributed by atoms with Gasteiger partial charge in [-0.05, 0) is 35.4 Å². The zero-order valence-electron chi connectivity index (χ0n) is 13.8. The lowest BCUT2D eigenvalue weighted by Crippen LogP contribution is -2.36. The maximum atomic E-state index is 9.46. The standard InChI is InChI=1S/C22H13N4/c1-24-19-9-18(12-23)20-14-25-13-17-8-7-16(15-5-3-2-4-6-15)10-21(17)26(25)22(20)11-19/h2-11,14H,13H2/q+1. The lowest BCUT2D eigenvalue weighted by Gasteiger charge is -2.04. The minimum Gasteiger partial charge on any atom is -0.238 e. The van der Waals surface area contributed by atoms with E-state index >= 15 is 0 Å². The molecule has 0 saturated heterocycles. The van der Waals surface area contributed by atoms with Crippen molar-refractivity contribution in [3.63, 3.8) is 0 Å². The summed E-state index contributed by atoms with van der Waals surface area (Å²) in [6, 6.07) is 22.5. The van der Waals surface area contributed by atoms with Crippen molar-refractivity contribution >= 4 is 16.6 Å². The largest absolute Gasteiger partial charge is 0.238 e. The van der Waals surface area contributed by atoms with E-state index in [0.717, 1.165) is 28.7 Å². The molecule has 26 heavy (non-hydrogen) atoms. The van der Waals surface area contributed by atoms with Gasteiger partial charge in [0.05, 0.1) is 23.6 Å². The highest BCUT2D eigenvalue weighted by Crippen LogP contribution is 2.32. The number of aromatic nitrogens is 2. The Balaban J connectivity index is 1.78. The Labute approximate surface area is 150 Å². The average molecular weight is 333 g/mol. The summed E-state index contributed by atoms with van der Waals surface area (Å²) in [6.07, 6.45) is 2.00. The molecule has 120 valence electrons. The summed E-state index contributed by atoms with van der Waals surface area (Å²) in [5.74, 6) is 0. The highest BCUT2D eigenvalue weighted by molar-refractivity contribution is 5.89. The predicted octanol–water partition coefficient (Wildman–Crippen LogP) is 4.37. The second kappa shape index (κ2) is 5.31. The Morgan fingerprint density at radius 3 is 2.65 bits per heavy atom. The van der Waals surface area contributed by atoms with Gasteiger partial charge in [-0.2, -0.15) is 5.26 Å². The van der Waals surface area contributed by atoms with Gasteiger partial charge < -0.3 is 0 Å². The van der Waals surface area contributed by atoms with Gasteiger partial charge in [0.2, 0.25) is 6.20 Å². The van der Waals surface area contributed by atoms with Crippen LogP contribution in [-0.2, 0) is 6.54 Å². The van der Waals surface area contributed by atoms with Crippen molar-refractivity contribution in [1.82, 2.24) is 4.68 Å². The highest BCUT2D eigenvalue weighted by Gasteiger charge is 2.29. The van der Waals surface area contributed by atoms with Crippen LogP contribution in [0.2, 0.25) is 0 Å². The molecule has 1 aromatic heterocycles. The van der Waals surface area contributed by atoms with E-state index in [1.807, 2.05) is 30.5 Å². The molecule has 4 nitrogen and oxygen atoms in total. The SMILES string of the molecule is [C-]#[N+]c1cc(C#N)c2c[n+]3n(c2c1)-c1cc(-c2ccccc2)ccc1C3. The lowest BCUT2D eigenvalue weighted by atomic mass is 10.0. The quantitative estimate of drug-likeness (QED) is 0.331. The second-order valence-electron chi connectivity index (χ2n) is 6.40. The zero-order valence-corrected chi connectivity index (χ0v) is 13.8. The molecule has 0 aliphatic carbocycles. The maximum absolute atomic E-state index is 9.46. The van der Waals surface area contributed by atoms with Crippen LogP contribution >= 0.6 is 0 Å². The van der Waals surface area contributed by atoms with E-state index in [9.17, 15) is 5.26 Å². The first-order valence-corrected chi connectivity index (χ1v) is 8.34. The number of fused-ring (bicyclic) bond motifs is 5. The molecule has 0 radical (unpaired) electrons. The van der Waals surface area contributed by atoms with Gasteiger partial charge in [-0.1, -0.05) is 36.4 Å². The molecule has 0 saturated carbocycles. The fourth-order valence-electron chi connectivity index (χ4n) is 3.70. The maximum Gasteiger partial charge on any atom is 0.205 e. The summed E-state index contributed by atoms with van der Waals surface area (Å²) in [4.78, 5) is 3.53. The van der Waals surface area contributed by atoms with Crippen molar-refractivity contribution in [1.29, 1.82) is 5.26 Å². The molecule has 3 aromatic carbocycles. The third-order valence-electron chi connectivity index (χ3n) is 4.91. The first kappa shape index (κ1) is 14.5. The van der Waals surface area contributed by atoms with Crippen LogP contribution in [0.25, 0.3) is 32.6 Å². The van der Waals surface area contributed by atoms with E-state index in [2.05, 4.69) is 50.6 Å². The van der Waals surface area contributed by atoms with Gasteiger partial charge in [-0.15, -0.1) is 9.36 Å². The van der Waals surface area contributed by atoms with Crippen LogP contribution in [0.5, 0.6) is 0 Å².